The molecule has 16 heavy (non-hydrogen) atoms. The second-order valence-electron chi connectivity index (χ2n) is 3.34. The fraction of sp³-hybridized carbons (Fsp3) is 0.364. The second-order valence-corrected chi connectivity index (χ2v) is 3.34. The maximum absolute atomic E-state index is 11.7. The molecule has 0 saturated heterocycles. The summed E-state index contributed by atoms with van der Waals surface area (Å²) >= 11 is 0. The van der Waals surface area contributed by atoms with Crippen molar-refractivity contribution in [2.45, 2.75) is 0 Å². The van der Waals surface area contributed by atoms with Crippen molar-refractivity contribution in [3.63, 3.8) is 0 Å². The lowest BCUT2D eigenvalue weighted by atomic mass is 10.1. The Bertz CT molecular complexity index is 442. The van der Waals surface area contributed by atoms with Gasteiger partial charge in [-0.25, -0.2) is 0 Å². The molecular formula is C11H13NO4. The molecule has 0 saturated carbocycles. The molecule has 0 aliphatic carbocycles. The number of benzene rings is 1. The van der Waals surface area contributed by atoms with Gasteiger partial charge in [-0.1, -0.05) is 0 Å². The van der Waals surface area contributed by atoms with Crippen LogP contribution in [0.5, 0.6) is 17.2 Å². The van der Waals surface area contributed by atoms with E-state index in [0.29, 0.717) is 22.8 Å². The summed E-state index contributed by atoms with van der Waals surface area (Å²) in [5, 5.41) is 2.99. The number of ketones is 1. The van der Waals surface area contributed by atoms with Gasteiger partial charge in [0.1, 0.15) is 0 Å². The van der Waals surface area contributed by atoms with E-state index in [4.69, 9.17) is 14.2 Å². The topological polar surface area (TPSA) is 56.8 Å². The van der Waals surface area contributed by atoms with Gasteiger partial charge in [0.15, 0.2) is 17.3 Å². The van der Waals surface area contributed by atoms with Crippen LogP contribution in [-0.4, -0.2) is 33.7 Å². The highest BCUT2D eigenvalue weighted by molar-refractivity contribution is 6.11. The molecule has 0 bridgehead atoms. The summed E-state index contributed by atoms with van der Waals surface area (Å²) in [6.07, 6.45) is 0. The molecule has 0 unspecified atom stereocenters. The van der Waals surface area contributed by atoms with Crippen molar-refractivity contribution in [2.75, 3.05) is 33.2 Å². The number of carbonyl (C=O) groups is 1. The zero-order valence-electron chi connectivity index (χ0n) is 9.42. The predicted octanol–water partition coefficient (Wildman–Crippen LogP) is 1.32. The van der Waals surface area contributed by atoms with Gasteiger partial charge in [0.05, 0.1) is 39.1 Å². The van der Waals surface area contributed by atoms with Gasteiger partial charge in [-0.15, -0.1) is 0 Å². The van der Waals surface area contributed by atoms with Crippen molar-refractivity contribution in [3.8, 4) is 17.2 Å². The molecule has 0 radical (unpaired) electrons. The monoisotopic (exact) mass is 223 g/mol. The minimum Gasteiger partial charge on any atom is -0.493 e. The van der Waals surface area contributed by atoms with E-state index in [1.165, 1.54) is 14.2 Å². The van der Waals surface area contributed by atoms with Crippen LogP contribution < -0.4 is 19.5 Å². The Morgan fingerprint density at radius 3 is 2.38 bits per heavy atom. The first-order valence-corrected chi connectivity index (χ1v) is 4.83. The number of hydrogen-bond acceptors (Lipinski definition) is 5. The van der Waals surface area contributed by atoms with Crippen molar-refractivity contribution in [3.05, 3.63) is 11.6 Å². The lowest BCUT2D eigenvalue weighted by Gasteiger charge is -2.14. The molecule has 1 aromatic rings. The molecule has 0 aromatic heterocycles. The Kier molecular flexibility index (Phi) is 2.60. The molecule has 1 N–H and O–H groups in total. The highest BCUT2D eigenvalue weighted by atomic mass is 16.5. The molecular weight excluding hydrogens is 210 g/mol. The number of methoxy groups -OCH3 is 3. The van der Waals surface area contributed by atoms with Gasteiger partial charge in [0.25, 0.3) is 0 Å². The van der Waals surface area contributed by atoms with Gasteiger partial charge in [-0.05, 0) is 0 Å². The van der Waals surface area contributed by atoms with Gasteiger partial charge in [0, 0.05) is 6.07 Å². The first-order chi connectivity index (χ1) is 7.72. The zero-order valence-corrected chi connectivity index (χ0v) is 9.42. The van der Waals surface area contributed by atoms with E-state index < -0.39 is 0 Å². The first kappa shape index (κ1) is 10.6. The molecule has 5 heteroatoms. The molecule has 86 valence electrons. The summed E-state index contributed by atoms with van der Waals surface area (Å²) in [6.45, 7) is 0.280. The lowest BCUT2D eigenvalue weighted by molar-refractivity contribution is 0.101. The Labute approximate surface area is 93.3 Å². The number of hydrogen-bond donors (Lipinski definition) is 1. The highest BCUT2D eigenvalue weighted by Crippen LogP contribution is 2.45. The molecule has 1 aliphatic heterocycles. The van der Waals surface area contributed by atoms with Gasteiger partial charge in [0.2, 0.25) is 5.75 Å². The molecule has 0 fully saturated rings. The SMILES string of the molecule is COc1cc2c(c(OC)c1OC)C(=O)CN2. The van der Waals surface area contributed by atoms with E-state index in [1.54, 1.807) is 13.2 Å². The van der Waals surface area contributed by atoms with Gasteiger partial charge in [-0.3, -0.25) is 4.79 Å². The van der Waals surface area contributed by atoms with Crippen LogP contribution >= 0.6 is 0 Å². The number of anilines is 1. The minimum atomic E-state index is -0.00666. The van der Waals surface area contributed by atoms with E-state index in [9.17, 15) is 4.79 Å². The summed E-state index contributed by atoms with van der Waals surface area (Å²) in [4.78, 5) is 11.7. The number of ether oxygens (including phenoxy) is 3. The van der Waals surface area contributed by atoms with Crippen LogP contribution in [0.3, 0.4) is 0 Å². The van der Waals surface area contributed by atoms with Crippen LogP contribution in [-0.2, 0) is 0 Å². The average molecular weight is 223 g/mol. The standard InChI is InChI=1S/C11H13NO4/c1-14-8-4-6-9(7(13)5-12-6)11(16-3)10(8)15-2/h4,12H,5H2,1-3H3. The predicted molar refractivity (Wildman–Crippen MR) is 58.9 cm³/mol. The molecule has 1 aromatic carbocycles. The molecule has 0 atom stereocenters. The van der Waals surface area contributed by atoms with Gasteiger partial charge < -0.3 is 19.5 Å². The fourth-order valence-corrected chi connectivity index (χ4v) is 1.84. The molecule has 1 aliphatic rings. The van der Waals surface area contributed by atoms with Crippen molar-refractivity contribution in [2.24, 2.45) is 0 Å². The highest BCUT2D eigenvalue weighted by Gasteiger charge is 2.29. The van der Waals surface area contributed by atoms with E-state index in [-0.39, 0.29) is 12.3 Å². The third-order valence-electron chi connectivity index (χ3n) is 2.55. The van der Waals surface area contributed by atoms with Crippen LogP contribution in [0, 0.1) is 0 Å². The summed E-state index contributed by atoms with van der Waals surface area (Å²) in [7, 11) is 4.56. The van der Waals surface area contributed by atoms with Crippen molar-refractivity contribution < 1.29 is 19.0 Å². The Balaban J connectivity index is 2.70. The van der Waals surface area contributed by atoms with Crippen LogP contribution in [0.15, 0.2) is 6.07 Å². The van der Waals surface area contributed by atoms with Crippen molar-refractivity contribution in [1.82, 2.24) is 0 Å². The van der Waals surface area contributed by atoms with E-state index in [0.717, 1.165) is 5.69 Å². The van der Waals surface area contributed by atoms with Gasteiger partial charge in [-0.2, -0.15) is 0 Å². The van der Waals surface area contributed by atoms with E-state index >= 15 is 0 Å². The lowest BCUT2D eigenvalue weighted by Crippen LogP contribution is -2.03. The maximum Gasteiger partial charge on any atom is 0.204 e. The molecule has 5 nitrogen and oxygen atoms in total. The fourth-order valence-electron chi connectivity index (χ4n) is 1.84. The summed E-state index contributed by atoms with van der Waals surface area (Å²) in [5.74, 6) is 1.40. The maximum atomic E-state index is 11.7. The minimum absolute atomic E-state index is 0.00666. The number of nitrogens with one attached hydrogen (secondary N) is 1. The zero-order chi connectivity index (χ0) is 11.7. The smallest absolute Gasteiger partial charge is 0.204 e. The van der Waals surface area contributed by atoms with E-state index in [1.807, 2.05) is 0 Å². The Hall–Kier alpha value is -1.91. The van der Waals surface area contributed by atoms with Crippen LogP contribution in [0.1, 0.15) is 10.4 Å². The number of Topliss-reactive ketones (excluding diaryl/α,β-unsaturated/α-hetero) is 1. The third kappa shape index (κ3) is 1.36. The second kappa shape index (κ2) is 3.92. The normalized spacial score (nSPS) is 13.1. The molecule has 1 heterocycles. The van der Waals surface area contributed by atoms with Crippen molar-refractivity contribution >= 4 is 11.5 Å². The number of carbonyl (C=O) groups excluding carboxylic acids is 1. The molecule has 0 amide bonds. The van der Waals surface area contributed by atoms with Crippen LogP contribution in [0.2, 0.25) is 0 Å². The molecule has 2 rings (SSSR count). The summed E-state index contributed by atoms with van der Waals surface area (Å²) in [5.41, 5.74) is 1.25. The van der Waals surface area contributed by atoms with Gasteiger partial charge >= 0.3 is 0 Å². The Morgan fingerprint density at radius 1 is 1.12 bits per heavy atom. The Morgan fingerprint density at radius 2 is 1.81 bits per heavy atom. The molecule has 0 spiro atoms. The largest absolute Gasteiger partial charge is 0.493 e. The summed E-state index contributed by atoms with van der Waals surface area (Å²) in [6, 6.07) is 1.74. The quantitative estimate of drug-likeness (QED) is 0.837. The summed E-state index contributed by atoms with van der Waals surface area (Å²) < 4.78 is 15.6. The first-order valence-electron chi connectivity index (χ1n) is 4.83. The number of rotatable bonds is 3. The van der Waals surface area contributed by atoms with Crippen LogP contribution in [0.25, 0.3) is 0 Å². The van der Waals surface area contributed by atoms with E-state index in [2.05, 4.69) is 5.32 Å². The van der Waals surface area contributed by atoms with Crippen LogP contribution in [0.4, 0.5) is 5.69 Å². The number of fused-ring (bicyclic) bond motifs is 1. The van der Waals surface area contributed by atoms with Crippen molar-refractivity contribution in [1.29, 1.82) is 0 Å². The average Bonchev–Trinajstić information content (AvgIpc) is 2.68. The third-order valence-corrected chi connectivity index (χ3v) is 2.55.